The SMILES string of the molecule is CCCCCCOC(=O)C(N)CC(C)C.Cl. The molecule has 4 heteroatoms. The number of nitrogens with two attached hydrogens (primary N) is 1. The lowest BCUT2D eigenvalue weighted by Gasteiger charge is -2.13. The molecule has 2 N–H and O–H groups in total. The Balaban J connectivity index is 0. The summed E-state index contributed by atoms with van der Waals surface area (Å²) in [7, 11) is 0. The van der Waals surface area contributed by atoms with E-state index in [9.17, 15) is 4.79 Å². The van der Waals surface area contributed by atoms with Gasteiger partial charge in [0.25, 0.3) is 0 Å². The second-order valence-electron chi connectivity index (χ2n) is 4.46. The first-order valence-corrected chi connectivity index (χ1v) is 6.00. The van der Waals surface area contributed by atoms with E-state index >= 15 is 0 Å². The molecule has 0 radical (unpaired) electrons. The number of rotatable bonds is 8. The second-order valence-corrected chi connectivity index (χ2v) is 4.46. The van der Waals surface area contributed by atoms with Crippen molar-refractivity contribution in [2.75, 3.05) is 6.61 Å². The molecule has 0 aromatic carbocycles. The molecule has 0 aliphatic rings. The minimum Gasteiger partial charge on any atom is -0.465 e. The molecule has 0 aromatic rings. The molecule has 16 heavy (non-hydrogen) atoms. The normalized spacial score (nSPS) is 12.1. The maximum Gasteiger partial charge on any atom is 0.322 e. The summed E-state index contributed by atoms with van der Waals surface area (Å²) in [6.07, 6.45) is 5.18. The minimum atomic E-state index is -0.448. The minimum absolute atomic E-state index is 0. The van der Waals surface area contributed by atoms with Gasteiger partial charge in [0.1, 0.15) is 6.04 Å². The number of carbonyl (C=O) groups excluding carboxylic acids is 1. The third-order valence-electron chi connectivity index (χ3n) is 2.27. The van der Waals surface area contributed by atoms with Gasteiger partial charge in [-0.15, -0.1) is 12.4 Å². The van der Waals surface area contributed by atoms with Gasteiger partial charge in [-0.05, 0) is 18.8 Å². The van der Waals surface area contributed by atoms with Gasteiger partial charge in [-0.1, -0.05) is 40.0 Å². The Kier molecular flexibility index (Phi) is 12.7. The smallest absolute Gasteiger partial charge is 0.322 e. The van der Waals surface area contributed by atoms with Crippen molar-refractivity contribution in [2.45, 2.75) is 58.9 Å². The number of hydrogen-bond donors (Lipinski definition) is 1. The van der Waals surface area contributed by atoms with E-state index in [0.717, 1.165) is 12.8 Å². The first-order valence-electron chi connectivity index (χ1n) is 6.00. The predicted molar refractivity (Wildman–Crippen MR) is 69.8 cm³/mol. The highest BCUT2D eigenvalue weighted by molar-refractivity contribution is 5.85. The number of ether oxygens (including phenoxy) is 1. The zero-order chi connectivity index (χ0) is 11.7. The second kappa shape index (κ2) is 11.2. The molecule has 0 aromatic heterocycles. The van der Waals surface area contributed by atoms with Crippen LogP contribution in [-0.2, 0) is 9.53 Å². The van der Waals surface area contributed by atoms with Gasteiger partial charge in [-0.3, -0.25) is 4.79 Å². The fourth-order valence-corrected chi connectivity index (χ4v) is 1.41. The van der Waals surface area contributed by atoms with Gasteiger partial charge in [0.15, 0.2) is 0 Å². The molecule has 1 unspecified atom stereocenters. The first kappa shape index (κ1) is 18.1. The maximum absolute atomic E-state index is 11.4. The van der Waals surface area contributed by atoms with Crippen molar-refractivity contribution >= 4 is 18.4 Å². The van der Waals surface area contributed by atoms with Crippen molar-refractivity contribution < 1.29 is 9.53 Å². The van der Waals surface area contributed by atoms with Crippen molar-refractivity contribution in [3.63, 3.8) is 0 Å². The Morgan fingerprint density at radius 3 is 2.38 bits per heavy atom. The number of hydrogen-bond acceptors (Lipinski definition) is 3. The summed E-state index contributed by atoms with van der Waals surface area (Å²) in [5.41, 5.74) is 5.68. The molecule has 0 heterocycles. The Hall–Kier alpha value is -0.280. The quantitative estimate of drug-likeness (QED) is 0.533. The lowest BCUT2D eigenvalue weighted by molar-refractivity contribution is -0.145. The summed E-state index contributed by atoms with van der Waals surface area (Å²) in [5, 5.41) is 0. The summed E-state index contributed by atoms with van der Waals surface area (Å²) in [4.78, 5) is 11.4. The van der Waals surface area contributed by atoms with E-state index in [-0.39, 0.29) is 18.4 Å². The van der Waals surface area contributed by atoms with E-state index in [1.165, 1.54) is 12.8 Å². The van der Waals surface area contributed by atoms with Gasteiger partial charge in [0.2, 0.25) is 0 Å². The van der Waals surface area contributed by atoms with Crippen molar-refractivity contribution in [3.05, 3.63) is 0 Å². The van der Waals surface area contributed by atoms with Crippen LogP contribution in [0, 0.1) is 5.92 Å². The van der Waals surface area contributed by atoms with Crippen molar-refractivity contribution in [1.82, 2.24) is 0 Å². The summed E-state index contributed by atoms with van der Waals surface area (Å²) >= 11 is 0. The van der Waals surface area contributed by atoms with E-state index in [4.69, 9.17) is 10.5 Å². The van der Waals surface area contributed by atoms with Crippen LogP contribution in [0.5, 0.6) is 0 Å². The van der Waals surface area contributed by atoms with Crippen LogP contribution in [0.1, 0.15) is 52.9 Å². The molecule has 1 atom stereocenters. The van der Waals surface area contributed by atoms with Crippen LogP contribution in [-0.4, -0.2) is 18.6 Å². The highest BCUT2D eigenvalue weighted by atomic mass is 35.5. The number of unbranched alkanes of at least 4 members (excludes halogenated alkanes) is 3. The Morgan fingerprint density at radius 2 is 1.88 bits per heavy atom. The molecule has 0 amide bonds. The van der Waals surface area contributed by atoms with Crippen LogP contribution in [0.25, 0.3) is 0 Å². The van der Waals surface area contributed by atoms with E-state index in [0.29, 0.717) is 18.9 Å². The highest BCUT2D eigenvalue weighted by Gasteiger charge is 2.15. The summed E-state index contributed by atoms with van der Waals surface area (Å²) in [6, 6.07) is -0.448. The van der Waals surface area contributed by atoms with E-state index < -0.39 is 6.04 Å². The zero-order valence-corrected chi connectivity index (χ0v) is 11.5. The summed E-state index contributed by atoms with van der Waals surface area (Å²) in [6.45, 7) is 6.78. The molecule has 0 fully saturated rings. The highest BCUT2D eigenvalue weighted by Crippen LogP contribution is 2.05. The fraction of sp³-hybridized carbons (Fsp3) is 0.917. The maximum atomic E-state index is 11.4. The molecule has 0 aliphatic carbocycles. The molecule has 0 saturated heterocycles. The van der Waals surface area contributed by atoms with E-state index in [1.807, 2.05) is 13.8 Å². The molecule has 3 nitrogen and oxygen atoms in total. The molecule has 0 spiro atoms. The van der Waals surface area contributed by atoms with Gasteiger partial charge in [-0.25, -0.2) is 0 Å². The molecule has 98 valence electrons. The average Bonchev–Trinajstić information content (AvgIpc) is 2.16. The van der Waals surface area contributed by atoms with Crippen LogP contribution < -0.4 is 5.73 Å². The number of carbonyl (C=O) groups is 1. The van der Waals surface area contributed by atoms with Gasteiger partial charge in [0.05, 0.1) is 6.61 Å². The monoisotopic (exact) mass is 251 g/mol. The summed E-state index contributed by atoms with van der Waals surface area (Å²) in [5.74, 6) is 0.188. The molecule has 0 rings (SSSR count). The van der Waals surface area contributed by atoms with Crippen molar-refractivity contribution in [2.24, 2.45) is 11.7 Å². The van der Waals surface area contributed by atoms with E-state index in [1.54, 1.807) is 0 Å². The standard InChI is InChI=1S/C12H25NO2.ClH/c1-4-5-6-7-8-15-12(14)11(13)9-10(2)3;/h10-11H,4-9,13H2,1-3H3;1H. The lowest BCUT2D eigenvalue weighted by Crippen LogP contribution is -2.33. The molecule has 0 aliphatic heterocycles. The van der Waals surface area contributed by atoms with Crippen LogP contribution >= 0.6 is 12.4 Å². The van der Waals surface area contributed by atoms with Crippen molar-refractivity contribution in [1.29, 1.82) is 0 Å². The van der Waals surface area contributed by atoms with E-state index in [2.05, 4.69) is 6.92 Å². The third kappa shape index (κ3) is 10.2. The molecule has 0 saturated carbocycles. The van der Waals surface area contributed by atoms with Crippen molar-refractivity contribution in [3.8, 4) is 0 Å². The topological polar surface area (TPSA) is 52.3 Å². The number of halogens is 1. The van der Waals surface area contributed by atoms with Crippen LogP contribution in [0.3, 0.4) is 0 Å². The molecular weight excluding hydrogens is 226 g/mol. The Labute approximate surface area is 106 Å². The van der Waals surface area contributed by atoms with Crippen LogP contribution in [0.15, 0.2) is 0 Å². The van der Waals surface area contributed by atoms with Gasteiger partial charge >= 0.3 is 5.97 Å². The van der Waals surface area contributed by atoms with Gasteiger partial charge in [0, 0.05) is 0 Å². The van der Waals surface area contributed by atoms with Gasteiger partial charge < -0.3 is 10.5 Å². The predicted octanol–water partition coefficient (Wildman–Crippen LogP) is 2.91. The molecule has 0 bridgehead atoms. The Morgan fingerprint density at radius 1 is 1.25 bits per heavy atom. The number of esters is 1. The first-order chi connectivity index (χ1) is 7.07. The third-order valence-corrected chi connectivity index (χ3v) is 2.27. The molecular formula is C12H26ClNO2. The largest absolute Gasteiger partial charge is 0.465 e. The Bertz CT molecular complexity index is 174. The average molecular weight is 252 g/mol. The zero-order valence-electron chi connectivity index (χ0n) is 10.7. The fourth-order valence-electron chi connectivity index (χ4n) is 1.41. The summed E-state index contributed by atoms with van der Waals surface area (Å²) < 4.78 is 5.09. The van der Waals surface area contributed by atoms with Crippen LogP contribution in [0.2, 0.25) is 0 Å². The van der Waals surface area contributed by atoms with Crippen LogP contribution in [0.4, 0.5) is 0 Å². The lowest BCUT2D eigenvalue weighted by atomic mass is 10.1. The van der Waals surface area contributed by atoms with Gasteiger partial charge in [-0.2, -0.15) is 0 Å².